The van der Waals surface area contributed by atoms with Gasteiger partial charge in [0.1, 0.15) is 5.75 Å². The summed E-state index contributed by atoms with van der Waals surface area (Å²) in [5, 5.41) is 16.6. The lowest BCUT2D eigenvalue weighted by Crippen LogP contribution is -2.13. The van der Waals surface area contributed by atoms with Crippen LogP contribution in [0.25, 0.3) is 5.69 Å². The zero-order valence-corrected chi connectivity index (χ0v) is 14.1. The highest BCUT2D eigenvalue weighted by Gasteiger charge is 2.14. The lowest BCUT2D eigenvalue weighted by atomic mass is 10.2. The summed E-state index contributed by atoms with van der Waals surface area (Å²) >= 11 is 0. The Morgan fingerprint density at radius 2 is 1.96 bits per heavy atom. The molecule has 3 aromatic rings. The minimum atomic E-state index is -0.313. The van der Waals surface area contributed by atoms with E-state index in [9.17, 15) is 9.90 Å². The van der Waals surface area contributed by atoms with Crippen molar-refractivity contribution in [2.24, 2.45) is 0 Å². The van der Waals surface area contributed by atoms with Gasteiger partial charge in [0.25, 0.3) is 5.91 Å². The monoisotopic (exact) mass is 337 g/mol. The number of para-hydroxylation sites is 1. The number of anilines is 1. The van der Waals surface area contributed by atoms with Crippen LogP contribution in [0.4, 0.5) is 5.69 Å². The maximum absolute atomic E-state index is 12.5. The Bertz CT molecular complexity index is 888. The predicted molar refractivity (Wildman–Crippen MR) is 95.2 cm³/mol. The molecule has 1 heterocycles. The summed E-state index contributed by atoms with van der Waals surface area (Å²) in [5.41, 5.74) is 3.25. The molecule has 2 N–H and O–H groups in total. The van der Waals surface area contributed by atoms with Crippen molar-refractivity contribution < 1.29 is 14.6 Å². The van der Waals surface area contributed by atoms with E-state index in [1.54, 1.807) is 28.9 Å². The molecule has 0 bridgehead atoms. The number of carbonyl (C=O) groups excluding carboxylic acids is 1. The minimum absolute atomic E-state index is 0.172. The molecule has 0 saturated carbocycles. The molecule has 1 aromatic heterocycles. The number of benzene rings is 2. The summed E-state index contributed by atoms with van der Waals surface area (Å²) in [5.74, 6) is 0.261. The van der Waals surface area contributed by atoms with Crippen LogP contribution in [-0.2, 0) is 6.61 Å². The minimum Gasteiger partial charge on any atom is -0.496 e. The Kier molecular flexibility index (Phi) is 4.81. The highest BCUT2D eigenvalue weighted by atomic mass is 16.5. The number of aryl methyl sites for hydroxylation is 1. The van der Waals surface area contributed by atoms with E-state index in [1.165, 1.54) is 7.11 Å². The van der Waals surface area contributed by atoms with Gasteiger partial charge in [-0.2, -0.15) is 5.10 Å². The van der Waals surface area contributed by atoms with Crippen molar-refractivity contribution >= 4 is 11.6 Å². The number of aromatic nitrogens is 2. The van der Waals surface area contributed by atoms with Gasteiger partial charge in [-0.3, -0.25) is 4.79 Å². The number of ether oxygens (including phenoxy) is 1. The van der Waals surface area contributed by atoms with Gasteiger partial charge in [-0.05, 0) is 43.3 Å². The zero-order chi connectivity index (χ0) is 17.8. The molecule has 0 aliphatic heterocycles. The fraction of sp³-hybridized carbons (Fsp3) is 0.158. The van der Waals surface area contributed by atoms with Gasteiger partial charge >= 0.3 is 0 Å². The van der Waals surface area contributed by atoms with Crippen molar-refractivity contribution in [3.8, 4) is 11.4 Å². The van der Waals surface area contributed by atoms with Gasteiger partial charge < -0.3 is 15.2 Å². The second kappa shape index (κ2) is 7.19. The molecule has 6 nitrogen and oxygen atoms in total. The van der Waals surface area contributed by atoms with E-state index in [0.29, 0.717) is 22.7 Å². The van der Waals surface area contributed by atoms with Crippen LogP contribution in [-0.4, -0.2) is 27.9 Å². The Morgan fingerprint density at radius 1 is 1.20 bits per heavy atom. The van der Waals surface area contributed by atoms with E-state index in [2.05, 4.69) is 10.4 Å². The number of aliphatic hydroxyl groups excluding tert-OH is 1. The first-order valence-corrected chi connectivity index (χ1v) is 7.83. The van der Waals surface area contributed by atoms with E-state index in [-0.39, 0.29) is 12.5 Å². The second-order valence-corrected chi connectivity index (χ2v) is 5.56. The lowest BCUT2D eigenvalue weighted by Gasteiger charge is -2.09. The third-order valence-corrected chi connectivity index (χ3v) is 3.83. The third-order valence-electron chi connectivity index (χ3n) is 3.83. The quantitative estimate of drug-likeness (QED) is 0.750. The van der Waals surface area contributed by atoms with E-state index in [4.69, 9.17) is 4.74 Å². The number of methoxy groups -OCH3 is 1. The zero-order valence-electron chi connectivity index (χ0n) is 14.1. The number of hydrogen-bond donors (Lipinski definition) is 2. The summed E-state index contributed by atoms with van der Waals surface area (Å²) in [6.07, 6.45) is 0. The number of aliphatic hydroxyl groups is 1. The van der Waals surface area contributed by atoms with Crippen LogP contribution in [0.3, 0.4) is 0 Å². The van der Waals surface area contributed by atoms with Crippen molar-refractivity contribution in [2.45, 2.75) is 13.5 Å². The average molecular weight is 337 g/mol. The van der Waals surface area contributed by atoms with E-state index in [0.717, 1.165) is 11.4 Å². The van der Waals surface area contributed by atoms with E-state index >= 15 is 0 Å². The molecule has 3 rings (SSSR count). The maximum atomic E-state index is 12.5. The van der Waals surface area contributed by atoms with Gasteiger partial charge in [-0.25, -0.2) is 4.68 Å². The van der Waals surface area contributed by atoms with Crippen molar-refractivity contribution in [1.29, 1.82) is 0 Å². The first-order valence-electron chi connectivity index (χ1n) is 7.83. The molecule has 1 amide bonds. The molecule has 0 aliphatic rings. The standard InChI is InChI=1S/C19H19N3O3/c1-13-10-17(21-22(13)16-6-4-3-5-7-16)19(24)20-15-8-9-18(25-2)14(11-15)12-23/h3-11,23H,12H2,1-2H3,(H,20,24). The molecule has 0 fully saturated rings. The molecule has 6 heteroatoms. The average Bonchev–Trinajstić information content (AvgIpc) is 3.04. The number of nitrogens with zero attached hydrogens (tertiary/aromatic N) is 2. The van der Waals surface area contributed by atoms with Gasteiger partial charge in [0, 0.05) is 16.9 Å². The summed E-state index contributed by atoms with van der Waals surface area (Å²) < 4.78 is 6.88. The first kappa shape index (κ1) is 16.7. The van der Waals surface area contributed by atoms with Crippen molar-refractivity contribution in [1.82, 2.24) is 9.78 Å². The molecule has 128 valence electrons. The van der Waals surface area contributed by atoms with Gasteiger partial charge in [0.2, 0.25) is 0 Å². The first-order chi connectivity index (χ1) is 12.1. The van der Waals surface area contributed by atoms with Gasteiger partial charge in [-0.15, -0.1) is 0 Å². The van der Waals surface area contributed by atoms with Gasteiger partial charge in [-0.1, -0.05) is 18.2 Å². The SMILES string of the molecule is COc1ccc(NC(=O)c2cc(C)n(-c3ccccc3)n2)cc1CO. The number of amides is 1. The third kappa shape index (κ3) is 3.54. The van der Waals surface area contributed by atoms with Crippen LogP contribution in [0.5, 0.6) is 5.75 Å². The lowest BCUT2D eigenvalue weighted by molar-refractivity contribution is 0.102. The number of carbonyl (C=O) groups is 1. The second-order valence-electron chi connectivity index (χ2n) is 5.56. The van der Waals surface area contributed by atoms with Crippen LogP contribution in [0.2, 0.25) is 0 Å². The molecule has 25 heavy (non-hydrogen) atoms. The molecule has 0 unspecified atom stereocenters. The van der Waals surface area contributed by atoms with Gasteiger partial charge in [0.15, 0.2) is 5.69 Å². The summed E-state index contributed by atoms with van der Waals surface area (Å²) in [6.45, 7) is 1.72. The molecular formula is C19H19N3O3. The topological polar surface area (TPSA) is 76.4 Å². The largest absolute Gasteiger partial charge is 0.496 e. The van der Waals surface area contributed by atoms with Gasteiger partial charge in [0.05, 0.1) is 19.4 Å². The molecule has 0 aliphatic carbocycles. The van der Waals surface area contributed by atoms with E-state index in [1.807, 2.05) is 37.3 Å². The predicted octanol–water partition coefficient (Wildman–Crippen LogP) is 2.93. The van der Waals surface area contributed by atoms with Crippen LogP contribution < -0.4 is 10.1 Å². The number of hydrogen-bond acceptors (Lipinski definition) is 4. The van der Waals surface area contributed by atoms with Crippen LogP contribution in [0.1, 0.15) is 21.7 Å². The summed E-state index contributed by atoms with van der Waals surface area (Å²) in [6, 6.07) is 16.5. The summed E-state index contributed by atoms with van der Waals surface area (Å²) in [4.78, 5) is 12.5. The normalized spacial score (nSPS) is 10.5. The molecule has 0 saturated heterocycles. The van der Waals surface area contributed by atoms with Crippen molar-refractivity contribution in [2.75, 3.05) is 12.4 Å². The number of rotatable bonds is 5. The van der Waals surface area contributed by atoms with Crippen LogP contribution >= 0.6 is 0 Å². The van der Waals surface area contributed by atoms with Crippen LogP contribution in [0.15, 0.2) is 54.6 Å². The molecule has 0 atom stereocenters. The highest BCUT2D eigenvalue weighted by Crippen LogP contribution is 2.23. The van der Waals surface area contributed by atoms with Crippen LogP contribution in [0, 0.1) is 6.92 Å². The van der Waals surface area contributed by atoms with Crippen molar-refractivity contribution in [3.63, 3.8) is 0 Å². The summed E-state index contributed by atoms with van der Waals surface area (Å²) in [7, 11) is 1.53. The fourth-order valence-corrected chi connectivity index (χ4v) is 2.59. The Hall–Kier alpha value is -3.12. The molecule has 2 aromatic carbocycles. The fourth-order valence-electron chi connectivity index (χ4n) is 2.59. The highest BCUT2D eigenvalue weighted by molar-refractivity contribution is 6.03. The van der Waals surface area contributed by atoms with Crippen molar-refractivity contribution in [3.05, 3.63) is 71.5 Å². The Morgan fingerprint density at radius 3 is 2.64 bits per heavy atom. The molecule has 0 radical (unpaired) electrons. The molecular weight excluding hydrogens is 318 g/mol. The maximum Gasteiger partial charge on any atom is 0.276 e. The molecule has 0 spiro atoms. The van der Waals surface area contributed by atoms with E-state index < -0.39 is 0 Å². The Labute approximate surface area is 145 Å². The Balaban J connectivity index is 1.83. The number of nitrogens with one attached hydrogen (secondary N) is 1. The smallest absolute Gasteiger partial charge is 0.276 e.